The van der Waals surface area contributed by atoms with Crippen LogP contribution in [0.5, 0.6) is 5.75 Å². The standard InChI is InChI=1S/C20H27N3O3S.HI/c1-4-21-20(23-15-17-8-6-7-9-19(17)26-5-2)22-14-16-10-12-18(13-11-16)27(3,24)25;/h6-13H,4-5,14-15H2,1-3H3,(H2,21,22,23);1H. The second-order valence-corrected chi connectivity index (χ2v) is 8.02. The maximum atomic E-state index is 11.5. The summed E-state index contributed by atoms with van der Waals surface area (Å²) in [5, 5.41) is 6.52. The highest BCUT2D eigenvalue weighted by Gasteiger charge is 2.07. The topological polar surface area (TPSA) is 79.8 Å². The second-order valence-electron chi connectivity index (χ2n) is 6.01. The van der Waals surface area contributed by atoms with Crippen molar-refractivity contribution in [3.8, 4) is 5.75 Å². The lowest BCUT2D eigenvalue weighted by Crippen LogP contribution is -2.36. The zero-order valence-corrected chi connectivity index (χ0v) is 19.6. The average molecular weight is 517 g/mol. The number of ether oxygens (including phenoxy) is 1. The number of sulfone groups is 1. The van der Waals surface area contributed by atoms with Gasteiger partial charge in [0.1, 0.15) is 5.75 Å². The van der Waals surface area contributed by atoms with Gasteiger partial charge in [-0.25, -0.2) is 13.4 Å². The highest BCUT2D eigenvalue weighted by molar-refractivity contribution is 14.0. The second kappa shape index (κ2) is 11.9. The summed E-state index contributed by atoms with van der Waals surface area (Å²) in [6, 6.07) is 14.7. The Balaban J connectivity index is 0.00000392. The van der Waals surface area contributed by atoms with Gasteiger partial charge in [-0.15, -0.1) is 24.0 Å². The highest BCUT2D eigenvalue weighted by atomic mass is 127. The predicted octanol–water partition coefficient (Wildman–Crippen LogP) is 3.36. The van der Waals surface area contributed by atoms with Gasteiger partial charge in [-0.1, -0.05) is 30.3 Å². The Bertz CT molecular complexity index is 869. The van der Waals surface area contributed by atoms with Crippen molar-refractivity contribution in [3.05, 3.63) is 59.7 Å². The number of aliphatic imine (C=N–C) groups is 1. The van der Waals surface area contributed by atoms with Crippen LogP contribution in [0.25, 0.3) is 0 Å². The molecule has 2 rings (SSSR count). The molecule has 6 nitrogen and oxygen atoms in total. The van der Waals surface area contributed by atoms with Crippen LogP contribution < -0.4 is 15.4 Å². The monoisotopic (exact) mass is 517 g/mol. The summed E-state index contributed by atoms with van der Waals surface area (Å²) in [5.74, 6) is 1.55. The fourth-order valence-electron chi connectivity index (χ4n) is 2.48. The molecule has 0 aliphatic rings. The van der Waals surface area contributed by atoms with Gasteiger partial charge in [0.05, 0.1) is 18.0 Å². The van der Waals surface area contributed by atoms with Gasteiger partial charge < -0.3 is 15.4 Å². The van der Waals surface area contributed by atoms with Gasteiger partial charge >= 0.3 is 0 Å². The Hall–Kier alpha value is -1.81. The number of hydrogen-bond donors (Lipinski definition) is 2. The molecule has 0 fully saturated rings. The first-order valence-electron chi connectivity index (χ1n) is 8.96. The zero-order chi connectivity index (χ0) is 19.7. The summed E-state index contributed by atoms with van der Waals surface area (Å²) in [5.41, 5.74) is 2.00. The van der Waals surface area contributed by atoms with Crippen LogP contribution in [-0.4, -0.2) is 33.8 Å². The number of hydrogen-bond acceptors (Lipinski definition) is 4. The van der Waals surface area contributed by atoms with E-state index in [-0.39, 0.29) is 24.0 Å². The molecule has 0 atom stereocenters. The summed E-state index contributed by atoms with van der Waals surface area (Å²) in [6.07, 6.45) is 1.20. The molecule has 154 valence electrons. The van der Waals surface area contributed by atoms with Gasteiger partial charge in [-0.05, 0) is 37.6 Å². The molecule has 8 heteroatoms. The number of benzene rings is 2. The molecule has 0 bridgehead atoms. The Morgan fingerprint density at radius 3 is 2.32 bits per heavy atom. The van der Waals surface area contributed by atoms with Crippen LogP contribution in [0.2, 0.25) is 0 Å². The number of nitrogens with one attached hydrogen (secondary N) is 2. The lowest BCUT2D eigenvalue weighted by Gasteiger charge is -2.14. The van der Waals surface area contributed by atoms with Crippen molar-refractivity contribution in [2.75, 3.05) is 19.4 Å². The minimum absolute atomic E-state index is 0. The van der Waals surface area contributed by atoms with E-state index < -0.39 is 9.84 Å². The van der Waals surface area contributed by atoms with Gasteiger partial charge in [0.2, 0.25) is 0 Å². The molecule has 0 saturated carbocycles. The molecule has 0 heterocycles. The number of halogens is 1. The summed E-state index contributed by atoms with van der Waals surface area (Å²) in [4.78, 5) is 4.88. The van der Waals surface area contributed by atoms with Crippen molar-refractivity contribution in [2.24, 2.45) is 4.99 Å². The largest absolute Gasteiger partial charge is 0.494 e. The fraction of sp³-hybridized carbons (Fsp3) is 0.350. The minimum atomic E-state index is -3.18. The van der Waals surface area contributed by atoms with Crippen LogP contribution in [0.4, 0.5) is 0 Å². The minimum Gasteiger partial charge on any atom is -0.494 e. The van der Waals surface area contributed by atoms with Gasteiger partial charge in [0.15, 0.2) is 15.8 Å². The van der Waals surface area contributed by atoms with Crippen molar-refractivity contribution in [1.82, 2.24) is 10.6 Å². The first-order chi connectivity index (χ1) is 12.9. The van der Waals surface area contributed by atoms with E-state index in [0.717, 1.165) is 23.4 Å². The van der Waals surface area contributed by atoms with Crippen molar-refractivity contribution in [1.29, 1.82) is 0 Å². The van der Waals surface area contributed by atoms with Crippen LogP contribution >= 0.6 is 24.0 Å². The number of para-hydroxylation sites is 1. The average Bonchev–Trinajstić information content (AvgIpc) is 2.65. The first kappa shape index (κ1) is 24.2. The van der Waals surface area contributed by atoms with Gasteiger partial charge in [-0.2, -0.15) is 0 Å². The Morgan fingerprint density at radius 1 is 1.04 bits per heavy atom. The van der Waals surface area contributed by atoms with E-state index in [2.05, 4.69) is 15.6 Å². The van der Waals surface area contributed by atoms with Crippen LogP contribution in [0.3, 0.4) is 0 Å². The Labute approximate surface area is 184 Å². The van der Waals surface area contributed by atoms with E-state index in [1.807, 2.05) is 38.1 Å². The predicted molar refractivity (Wildman–Crippen MR) is 124 cm³/mol. The van der Waals surface area contributed by atoms with Crippen molar-refractivity contribution in [2.45, 2.75) is 31.8 Å². The Morgan fingerprint density at radius 2 is 1.71 bits per heavy atom. The van der Waals surface area contributed by atoms with E-state index in [1.165, 1.54) is 6.26 Å². The van der Waals surface area contributed by atoms with E-state index in [1.54, 1.807) is 24.3 Å². The molecule has 0 aliphatic carbocycles. The quantitative estimate of drug-likeness (QED) is 0.319. The molecule has 2 N–H and O–H groups in total. The SMILES string of the molecule is CCNC(=NCc1ccc(S(C)(=O)=O)cc1)NCc1ccccc1OCC.I. The molecule has 2 aromatic carbocycles. The normalized spacial score (nSPS) is 11.5. The van der Waals surface area contributed by atoms with E-state index in [4.69, 9.17) is 4.74 Å². The molecule has 0 amide bonds. The smallest absolute Gasteiger partial charge is 0.191 e. The molecule has 0 spiro atoms. The van der Waals surface area contributed by atoms with Crippen molar-refractivity contribution >= 4 is 39.8 Å². The zero-order valence-electron chi connectivity index (χ0n) is 16.4. The van der Waals surface area contributed by atoms with Gasteiger partial charge in [-0.3, -0.25) is 0 Å². The summed E-state index contributed by atoms with van der Waals surface area (Å²) >= 11 is 0. The van der Waals surface area contributed by atoms with Crippen LogP contribution in [0, 0.1) is 0 Å². The number of nitrogens with zero attached hydrogens (tertiary/aromatic N) is 1. The number of rotatable bonds is 8. The van der Waals surface area contributed by atoms with Crippen LogP contribution in [0.15, 0.2) is 58.4 Å². The van der Waals surface area contributed by atoms with Crippen molar-refractivity contribution < 1.29 is 13.2 Å². The van der Waals surface area contributed by atoms with E-state index in [9.17, 15) is 8.42 Å². The third-order valence-corrected chi connectivity index (χ3v) is 4.96. The molecule has 0 aliphatic heterocycles. The molecule has 0 saturated heterocycles. The van der Waals surface area contributed by atoms with Crippen LogP contribution in [0.1, 0.15) is 25.0 Å². The fourth-order valence-corrected chi connectivity index (χ4v) is 3.11. The third kappa shape index (κ3) is 7.67. The van der Waals surface area contributed by atoms with E-state index in [0.29, 0.717) is 30.6 Å². The molecule has 0 unspecified atom stereocenters. The summed E-state index contributed by atoms with van der Waals surface area (Å²) in [7, 11) is -3.18. The lowest BCUT2D eigenvalue weighted by molar-refractivity contribution is 0.336. The van der Waals surface area contributed by atoms with Crippen LogP contribution in [-0.2, 0) is 22.9 Å². The van der Waals surface area contributed by atoms with E-state index >= 15 is 0 Å². The molecule has 0 radical (unpaired) electrons. The number of guanidine groups is 1. The van der Waals surface area contributed by atoms with Gasteiger partial charge in [0.25, 0.3) is 0 Å². The maximum Gasteiger partial charge on any atom is 0.191 e. The summed E-state index contributed by atoms with van der Waals surface area (Å²) < 4.78 is 28.7. The molecule has 28 heavy (non-hydrogen) atoms. The molecule has 2 aromatic rings. The molecule has 0 aromatic heterocycles. The third-order valence-electron chi connectivity index (χ3n) is 3.83. The lowest BCUT2D eigenvalue weighted by atomic mass is 10.2. The maximum absolute atomic E-state index is 11.5. The van der Waals surface area contributed by atoms with Gasteiger partial charge in [0, 0.05) is 24.9 Å². The first-order valence-corrected chi connectivity index (χ1v) is 10.8. The van der Waals surface area contributed by atoms with Crippen molar-refractivity contribution in [3.63, 3.8) is 0 Å². The molecular formula is C20H28IN3O3S. The molecular weight excluding hydrogens is 489 g/mol. The summed E-state index contributed by atoms with van der Waals surface area (Å²) in [6.45, 7) is 6.37. The Kier molecular flexibility index (Phi) is 10.3. The highest BCUT2D eigenvalue weighted by Crippen LogP contribution is 2.17.